The maximum absolute atomic E-state index is 13.0. The molecular weight excluding hydrogens is 427 g/mol. The van der Waals surface area contributed by atoms with Crippen LogP contribution in [0.2, 0.25) is 0 Å². The molecule has 168 valence electrons. The van der Waals surface area contributed by atoms with Crippen LogP contribution < -0.4 is 9.47 Å². The van der Waals surface area contributed by atoms with Gasteiger partial charge in [-0.1, -0.05) is 17.3 Å². The molecule has 1 fully saturated rings. The SMILES string of the molecule is COc1cc(OC)cc(-c2noc(C3CC(=O)N(Cc4cccc(C(F)(F)F)c4)C3)n2)c1. The van der Waals surface area contributed by atoms with E-state index >= 15 is 0 Å². The van der Waals surface area contributed by atoms with Crippen LogP contribution in [0, 0.1) is 0 Å². The van der Waals surface area contributed by atoms with Crippen molar-refractivity contribution in [2.24, 2.45) is 0 Å². The molecule has 0 bridgehead atoms. The number of nitrogens with zero attached hydrogens (tertiary/aromatic N) is 3. The smallest absolute Gasteiger partial charge is 0.416 e. The Morgan fingerprint density at radius 2 is 1.84 bits per heavy atom. The largest absolute Gasteiger partial charge is 0.497 e. The summed E-state index contributed by atoms with van der Waals surface area (Å²) in [5.74, 6) is 1.21. The molecular formula is C22H20F3N3O4. The zero-order valence-corrected chi connectivity index (χ0v) is 17.3. The number of carbonyl (C=O) groups excluding carboxylic acids is 1. The Morgan fingerprint density at radius 1 is 1.12 bits per heavy atom. The highest BCUT2D eigenvalue weighted by Crippen LogP contribution is 2.33. The summed E-state index contributed by atoms with van der Waals surface area (Å²) in [6.07, 6.45) is -4.29. The van der Waals surface area contributed by atoms with E-state index in [0.717, 1.165) is 12.1 Å². The van der Waals surface area contributed by atoms with Crippen molar-refractivity contribution in [3.05, 3.63) is 59.5 Å². The summed E-state index contributed by atoms with van der Waals surface area (Å²) in [4.78, 5) is 18.4. The first kappa shape index (κ1) is 21.7. The van der Waals surface area contributed by atoms with Crippen LogP contribution >= 0.6 is 0 Å². The molecule has 0 radical (unpaired) electrons. The lowest BCUT2D eigenvalue weighted by Crippen LogP contribution is -2.24. The Hall–Kier alpha value is -3.56. The highest BCUT2D eigenvalue weighted by Gasteiger charge is 2.35. The number of amides is 1. The molecule has 3 aromatic rings. The van der Waals surface area contributed by atoms with E-state index in [-0.39, 0.29) is 31.3 Å². The third-order valence-electron chi connectivity index (χ3n) is 5.24. The number of benzene rings is 2. The van der Waals surface area contributed by atoms with E-state index in [0.29, 0.717) is 34.3 Å². The second kappa shape index (κ2) is 8.52. The predicted molar refractivity (Wildman–Crippen MR) is 107 cm³/mol. The Kier molecular flexibility index (Phi) is 5.77. The first-order valence-corrected chi connectivity index (χ1v) is 9.78. The maximum Gasteiger partial charge on any atom is 0.416 e. The van der Waals surface area contributed by atoms with Crippen molar-refractivity contribution in [3.8, 4) is 22.9 Å². The molecule has 1 saturated heterocycles. The van der Waals surface area contributed by atoms with Gasteiger partial charge in [0.1, 0.15) is 11.5 Å². The van der Waals surface area contributed by atoms with Gasteiger partial charge >= 0.3 is 6.18 Å². The van der Waals surface area contributed by atoms with Crippen LogP contribution in [0.5, 0.6) is 11.5 Å². The van der Waals surface area contributed by atoms with Crippen molar-refractivity contribution in [1.82, 2.24) is 15.0 Å². The molecule has 32 heavy (non-hydrogen) atoms. The van der Waals surface area contributed by atoms with Gasteiger partial charge in [0.15, 0.2) is 0 Å². The Labute approximate surface area is 181 Å². The van der Waals surface area contributed by atoms with E-state index in [1.54, 1.807) is 24.3 Å². The summed E-state index contributed by atoms with van der Waals surface area (Å²) < 4.78 is 54.8. The zero-order chi connectivity index (χ0) is 22.9. The third kappa shape index (κ3) is 4.53. The molecule has 2 aromatic carbocycles. The van der Waals surface area contributed by atoms with Gasteiger partial charge in [0.05, 0.1) is 25.7 Å². The van der Waals surface area contributed by atoms with Crippen LogP contribution in [-0.4, -0.2) is 41.7 Å². The Bertz CT molecular complexity index is 1110. The van der Waals surface area contributed by atoms with E-state index in [2.05, 4.69) is 10.1 Å². The van der Waals surface area contributed by atoms with Gasteiger partial charge in [0.2, 0.25) is 17.6 Å². The van der Waals surface area contributed by atoms with Gasteiger partial charge < -0.3 is 18.9 Å². The molecule has 1 amide bonds. The lowest BCUT2D eigenvalue weighted by molar-refractivity contribution is -0.137. The predicted octanol–water partition coefficient (Wildman–Crippen LogP) is 4.29. The highest BCUT2D eigenvalue weighted by molar-refractivity contribution is 5.79. The molecule has 2 heterocycles. The number of rotatable bonds is 6. The molecule has 4 rings (SSSR count). The molecule has 7 nitrogen and oxygen atoms in total. The van der Waals surface area contributed by atoms with Crippen molar-refractivity contribution in [2.45, 2.75) is 25.1 Å². The number of carbonyl (C=O) groups is 1. The lowest BCUT2D eigenvalue weighted by Gasteiger charge is -2.17. The quantitative estimate of drug-likeness (QED) is 0.561. The number of ether oxygens (including phenoxy) is 2. The number of likely N-dealkylation sites (tertiary alicyclic amines) is 1. The summed E-state index contributed by atoms with van der Waals surface area (Å²) in [7, 11) is 3.06. The molecule has 1 atom stereocenters. The van der Waals surface area contributed by atoms with Crippen LogP contribution in [0.3, 0.4) is 0 Å². The van der Waals surface area contributed by atoms with Crippen molar-refractivity contribution in [3.63, 3.8) is 0 Å². The molecule has 10 heteroatoms. The van der Waals surface area contributed by atoms with Crippen LogP contribution in [0.15, 0.2) is 47.0 Å². The van der Waals surface area contributed by atoms with Gasteiger partial charge in [-0.15, -0.1) is 0 Å². The average Bonchev–Trinajstić information content (AvgIpc) is 3.40. The Morgan fingerprint density at radius 3 is 2.50 bits per heavy atom. The first-order chi connectivity index (χ1) is 15.3. The van der Waals surface area contributed by atoms with Crippen molar-refractivity contribution in [1.29, 1.82) is 0 Å². The lowest BCUT2D eigenvalue weighted by atomic mass is 10.1. The van der Waals surface area contributed by atoms with Crippen LogP contribution in [-0.2, 0) is 17.5 Å². The standard InChI is InChI=1S/C22H20F3N3O4/c1-30-17-7-14(8-18(10-17)31-2)20-26-21(32-27-20)15-9-19(29)28(12-15)11-13-4-3-5-16(6-13)22(23,24)25/h3-8,10,15H,9,11-12H2,1-2H3. The van der Waals surface area contributed by atoms with Gasteiger partial charge in [-0.2, -0.15) is 18.2 Å². The van der Waals surface area contributed by atoms with E-state index in [1.807, 2.05) is 0 Å². The number of hydrogen-bond acceptors (Lipinski definition) is 6. The van der Waals surface area contributed by atoms with Gasteiger partial charge in [0.25, 0.3) is 0 Å². The minimum atomic E-state index is -4.43. The molecule has 0 aliphatic carbocycles. The van der Waals surface area contributed by atoms with Crippen LogP contribution in [0.4, 0.5) is 13.2 Å². The molecule has 0 saturated carbocycles. The average molecular weight is 447 g/mol. The number of methoxy groups -OCH3 is 2. The van der Waals surface area contributed by atoms with Gasteiger partial charge in [-0.25, -0.2) is 0 Å². The third-order valence-corrected chi connectivity index (χ3v) is 5.24. The number of halogens is 3. The molecule has 0 N–H and O–H groups in total. The minimum Gasteiger partial charge on any atom is -0.497 e. The maximum atomic E-state index is 13.0. The van der Waals surface area contributed by atoms with Crippen molar-refractivity contribution in [2.75, 3.05) is 20.8 Å². The summed E-state index contributed by atoms with van der Waals surface area (Å²) >= 11 is 0. The normalized spacial score (nSPS) is 16.5. The fraction of sp³-hybridized carbons (Fsp3) is 0.318. The fourth-order valence-electron chi connectivity index (χ4n) is 3.61. The monoisotopic (exact) mass is 447 g/mol. The number of alkyl halides is 3. The van der Waals surface area contributed by atoms with Crippen molar-refractivity contribution >= 4 is 5.91 Å². The Balaban J connectivity index is 1.49. The topological polar surface area (TPSA) is 77.7 Å². The number of aromatic nitrogens is 2. The van der Waals surface area contributed by atoms with E-state index in [4.69, 9.17) is 14.0 Å². The zero-order valence-electron chi connectivity index (χ0n) is 17.3. The van der Waals surface area contributed by atoms with Gasteiger partial charge in [0, 0.05) is 31.1 Å². The summed E-state index contributed by atoms with van der Waals surface area (Å²) in [6, 6.07) is 10.1. The summed E-state index contributed by atoms with van der Waals surface area (Å²) in [5, 5.41) is 4.00. The molecule has 1 unspecified atom stereocenters. The summed E-state index contributed by atoms with van der Waals surface area (Å²) in [5.41, 5.74) is 0.290. The van der Waals surface area contributed by atoms with E-state index in [9.17, 15) is 18.0 Å². The van der Waals surface area contributed by atoms with Gasteiger partial charge in [-0.05, 0) is 29.8 Å². The fourth-order valence-corrected chi connectivity index (χ4v) is 3.61. The molecule has 1 aromatic heterocycles. The molecule has 0 spiro atoms. The van der Waals surface area contributed by atoms with E-state index in [1.165, 1.54) is 25.2 Å². The van der Waals surface area contributed by atoms with Crippen LogP contribution in [0.1, 0.15) is 29.4 Å². The molecule has 1 aliphatic heterocycles. The first-order valence-electron chi connectivity index (χ1n) is 9.78. The highest BCUT2D eigenvalue weighted by atomic mass is 19.4. The minimum absolute atomic E-state index is 0.0767. The summed E-state index contributed by atoms with van der Waals surface area (Å²) in [6.45, 7) is 0.353. The van der Waals surface area contributed by atoms with Crippen LogP contribution in [0.25, 0.3) is 11.4 Å². The second-order valence-electron chi connectivity index (χ2n) is 7.43. The number of hydrogen-bond donors (Lipinski definition) is 0. The molecule has 1 aliphatic rings. The van der Waals surface area contributed by atoms with Gasteiger partial charge in [-0.3, -0.25) is 4.79 Å². The van der Waals surface area contributed by atoms with E-state index < -0.39 is 11.7 Å². The second-order valence-corrected chi connectivity index (χ2v) is 7.43. The van der Waals surface area contributed by atoms with Crippen molar-refractivity contribution < 1.29 is 32.0 Å².